The topological polar surface area (TPSA) is 70.8 Å². The van der Waals surface area contributed by atoms with E-state index in [1.54, 1.807) is 48.3 Å². The van der Waals surface area contributed by atoms with Gasteiger partial charge in [-0.1, -0.05) is 31.0 Å². The van der Waals surface area contributed by atoms with E-state index in [0.717, 1.165) is 18.4 Å². The number of likely N-dealkylation sites (N-methyl/N-ethyl adjacent to an activating group) is 1. The maximum absolute atomic E-state index is 13.1. The van der Waals surface area contributed by atoms with Crippen LogP contribution in [0.5, 0.6) is 0 Å². The van der Waals surface area contributed by atoms with Crippen LogP contribution in [0, 0.1) is 6.92 Å². The summed E-state index contributed by atoms with van der Waals surface area (Å²) < 4.78 is 32.6. The van der Waals surface area contributed by atoms with Gasteiger partial charge in [0, 0.05) is 13.6 Å². The van der Waals surface area contributed by atoms with E-state index < -0.39 is 10.0 Å². The van der Waals surface area contributed by atoms with Crippen LogP contribution in [-0.4, -0.2) is 43.7 Å². The van der Waals surface area contributed by atoms with E-state index in [4.69, 9.17) is 4.42 Å². The van der Waals surface area contributed by atoms with E-state index in [2.05, 4.69) is 0 Å². The van der Waals surface area contributed by atoms with Crippen LogP contribution in [0.4, 0.5) is 0 Å². The van der Waals surface area contributed by atoms with Crippen molar-refractivity contribution >= 4 is 15.9 Å². The third kappa shape index (κ3) is 5.19. The van der Waals surface area contributed by atoms with Crippen LogP contribution in [0.1, 0.15) is 31.1 Å². The van der Waals surface area contributed by atoms with E-state index in [0.29, 0.717) is 12.3 Å². The van der Waals surface area contributed by atoms with Gasteiger partial charge in [0.2, 0.25) is 15.9 Å². The summed E-state index contributed by atoms with van der Waals surface area (Å²) in [6.45, 7) is 4.33. The quantitative estimate of drug-likeness (QED) is 0.672. The van der Waals surface area contributed by atoms with Crippen LogP contribution < -0.4 is 0 Å². The Morgan fingerprint density at radius 3 is 2.42 bits per heavy atom. The lowest BCUT2D eigenvalue weighted by Crippen LogP contribution is -2.41. The number of unbranched alkanes of at least 4 members (excludes halogenated alkanes) is 1. The van der Waals surface area contributed by atoms with Gasteiger partial charge in [0.05, 0.1) is 24.2 Å². The monoisotopic (exact) mass is 378 g/mol. The van der Waals surface area contributed by atoms with Crippen LogP contribution in [0.2, 0.25) is 0 Å². The minimum atomic E-state index is -3.82. The van der Waals surface area contributed by atoms with Gasteiger partial charge in [-0.2, -0.15) is 4.31 Å². The molecule has 6 nitrogen and oxygen atoms in total. The molecule has 1 heterocycles. The van der Waals surface area contributed by atoms with Gasteiger partial charge in [-0.25, -0.2) is 8.42 Å². The zero-order chi connectivity index (χ0) is 19.2. The molecule has 0 saturated carbocycles. The Morgan fingerprint density at radius 2 is 1.85 bits per heavy atom. The second-order valence-electron chi connectivity index (χ2n) is 6.33. The molecule has 1 aromatic heterocycles. The minimum Gasteiger partial charge on any atom is -0.468 e. The van der Waals surface area contributed by atoms with Gasteiger partial charge in [0.25, 0.3) is 0 Å². The first kappa shape index (κ1) is 20.2. The molecule has 0 radical (unpaired) electrons. The van der Waals surface area contributed by atoms with Crippen LogP contribution in [0.25, 0.3) is 0 Å². The summed E-state index contributed by atoms with van der Waals surface area (Å²) in [5.74, 6) is 0.255. The first-order valence-electron chi connectivity index (χ1n) is 8.67. The van der Waals surface area contributed by atoms with E-state index in [-0.39, 0.29) is 23.9 Å². The van der Waals surface area contributed by atoms with Crippen molar-refractivity contribution in [2.24, 2.45) is 0 Å². The Hall–Kier alpha value is -2.12. The molecule has 26 heavy (non-hydrogen) atoms. The highest BCUT2D eigenvalue weighted by Crippen LogP contribution is 2.19. The summed E-state index contributed by atoms with van der Waals surface area (Å²) in [5, 5.41) is 0. The highest BCUT2D eigenvalue weighted by atomic mass is 32.2. The molecule has 7 heteroatoms. The molecular formula is C19H26N2O4S. The summed E-state index contributed by atoms with van der Waals surface area (Å²) in [4.78, 5) is 14.2. The number of amides is 1. The standard InChI is InChI=1S/C19H26N2O4S/c1-4-5-12-20(3)19(22)15-21(14-17-7-6-13-25-17)26(23,24)18-10-8-16(2)9-11-18/h6-11,13H,4-5,12,14-15H2,1-3H3. The first-order chi connectivity index (χ1) is 12.3. The van der Waals surface area contributed by atoms with Crippen molar-refractivity contribution in [3.05, 3.63) is 54.0 Å². The highest BCUT2D eigenvalue weighted by molar-refractivity contribution is 7.89. The number of aryl methyl sites for hydroxylation is 1. The molecule has 0 bridgehead atoms. The smallest absolute Gasteiger partial charge is 0.243 e. The Bertz CT molecular complexity index is 799. The maximum atomic E-state index is 13.1. The number of furan rings is 1. The van der Waals surface area contributed by atoms with Crippen molar-refractivity contribution in [3.63, 3.8) is 0 Å². The Labute approximate surface area is 155 Å². The molecule has 2 rings (SSSR count). The third-order valence-electron chi connectivity index (χ3n) is 4.16. The lowest BCUT2D eigenvalue weighted by molar-refractivity contribution is -0.130. The molecule has 0 fully saturated rings. The number of carbonyl (C=O) groups is 1. The number of hydrogen-bond acceptors (Lipinski definition) is 4. The summed E-state index contributed by atoms with van der Waals surface area (Å²) in [6.07, 6.45) is 3.34. The predicted molar refractivity (Wildman–Crippen MR) is 100 cm³/mol. The first-order valence-corrected chi connectivity index (χ1v) is 10.1. The van der Waals surface area contributed by atoms with Crippen molar-refractivity contribution in [2.75, 3.05) is 20.1 Å². The predicted octanol–water partition coefficient (Wildman–Crippen LogP) is 3.04. The summed E-state index contributed by atoms with van der Waals surface area (Å²) in [6, 6.07) is 10.0. The molecule has 0 N–H and O–H groups in total. The van der Waals surface area contributed by atoms with Gasteiger partial charge in [0.1, 0.15) is 5.76 Å². The zero-order valence-corrected chi connectivity index (χ0v) is 16.3. The molecule has 0 spiro atoms. The fourth-order valence-corrected chi connectivity index (χ4v) is 3.81. The Morgan fingerprint density at radius 1 is 1.15 bits per heavy atom. The molecule has 0 aliphatic heterocycles. The average molecular weight is 378 g/mol. The van der Waals surface area contributed by atoms with Gasteiger partial charge in [0.15, 0.2) is 0 Å². The summed E-state index contributed by atoms with van der Waals surface area (Å²) in [7, 11) is -2.12. The number of rotatable bonds is 9. The SMILES string of the molecule is CCCCN(C)C(=O)CN(Cc1ccco1)S(=O)(=O)c1ccc(C)cc1. The minimum absolute atomic E-state index is 0.0105. The van der Waals surface area contributed by atoms with Crippen molar-refractivity contribution in [1.29, 1.82) is 0 Å². The van der Waals surface area contributed by atoms with Gasteiger partial charge in [-0.3, -0.25) is 4.79 Å². The van der Waals surface area contributed by atoms with Crippen LogP contribution in [0.3, 0.4) is 0 Å². The fraction of sp³-hybridized carbons (Fsp3) is 0.421. The molecule has 0 unspecified atom stereocenters. The van der Waals surface area contributed by atoms with Crippen LogP contribution >= 0.6 is 0 Å². The van der Waals surface area contributed by atoms with E-state index in [1.807, 2.05) is 13.8 Å². The molecule has 2 aromatic rings. The van der Waals surface area contributed by atoms with Crippen LogP contribution in [-0.2, 0) is 21.4 Å². The number of hydrogen-bond donors (Lipinski definition) is 0. The molecule has 1 aromatic carbocycles. The van der Waals surface area contributed by atoms with E-state index in [1.165, 1.54) is 10.6 Å². The van der Waals surface area contributed by atoms with E-state index >= 15 is 0 Å². The highest BCUT2D eigenvalue weighted by Gasteiger charge is 2.28. The van der Waals surface area contributed by atoms with E-state index in [9.17, 15) is 13.2 Å². The summed E-state index contributed by atoms with van der Waals surface area (Å²) in [5.41, 5.74) is 0.969. The lowest BCUT2D eigenvalue weighted by Gasteiger charge is -2.24. The number of sulfonamides is 1. The number of carbonyl (C=O) groups excluding carboxylic acids is 1. The molecular weight excluding hydrogens is 352 g/mol. The summed E-state index contributed by atoms with van der Waals surface area (Å²) >= 11 is 0. The van der Waals surface area contributed by atoms with Gasteiger partial charge in [-0.15, -0.1) is 0 Å². The molecule has 1 amide bonds. The molecule has 0 aliphatic rings. The fourth-order valence-electron chi connectivity index (χ4n) is 2.45. The molecule has 0 aliphatic carbocycles. The average Bonchev–Trinajstić information content (AvgIpc) is 3.12. The van der Waals surface area contributed by atoms with Gasteiger partial charge >= 0.3 is 0 Å². The molecule has 0 atom stereocenters. The third-order valence-corrected chi connectivity index (χ3v) is 5.96. The second-order valence-corrected chi connectivity index (χ2v) is 8.27. The van der Waals surface area contributed by atoms with Crippen LogP contribution in [0.15, 0.2) is 52.0 Å². The van der Waals surface area contributed by atoms with Gasteiger partial charge < -0.3 is 9.32 Å². The van der Waals surface area contributed by atoms with Crippen molar-refractivity contribution < 1.29 is 17.6 Å². The normalized spacial score (nSPS) is 11.7. The second kappa shape index (κ2) is 9.00. The number of benzene rings is 1. The van der Waals surface area contributed by atoms with Crippen molar-refractivity contribution in [3.8, 4) is 0 Å². The lowest BCUT2D eigenvalue weighted by atomic mass is 10.2. The Balaban J connectivity index is 2.25. The molecule has 142 valence electrons. The van der Waals surface area contributed by atoms with Gasteiger partial charge in [-0.05, 0) is 37.6 Å². The molecule has 0 saturated heterocycles. The van der Waals surface area contributed by atoms with Crippen molar-refractivity contribution in [2.45, 2.75) is 38.1 Å². The number of nitrogens with zero attached hydrogens (tertiary/aromatic N) is 2. The zero-order valence-electron chi connectivity index (χ0n) is 15.5. The maximum Gasteiger partial charge on any atom is 0.243 e. The Kier molecular flexibility index (Phi) is 6.99. The van der Waals surface area contributed by atoms with Crippen molar-refractivity contribution in [1.82, 2.24) is 9.21 Å². The largest absolute Gasteiger partial charge is 0.468 e.